The highest BCUT2D eigenvalue weighted by molar-refractivity contribution is 7.27. The maximum Gasteiger partial charge on any atom is 0.212 e. The molecule has 0 fully saturated rings. The maximum absolute atomic E-state index is 4.38. The van der Waals surface area contributed by atoms with Crippen LogP contribution in [0, 0.1) is 12.5 Å². The van der Waals surface area contributed by atoms with Crippen molar-refractivity contribution in [3.63, 3.8) is 0 Å². The van der Waals surface area contributed by atoms with E-state index in [1.54, 1.807) is 6.20 Å². The molecule has 4 heterocycles. The Morgan fingerprint density at radius 1 is 0.900 bits per heavy atom. The first-order valence-electron chi connectivity index (χ1n) is 5.22. The van der Waals surface area contributed by atoms with E-state index in [-0.39, 0.29) is 0 Å². The van der Waals surface area contributed by atoms with Gasteiger partial charge >= 0.3 is 0 Å². The van der Waals surface area contributed by atoms with Crippen LogP contribution in [0.5, 0.6) is 0 Å². The van der Waals surface area contributed by atoms with Crippen molar-refractivity contribution in [2.45, 2.75) is 0 Å². The second kappa shape index (κ2) is 5.05. The van der Waals surface area contributed by atoms with Gasteiger partial charge in [-0.25, -0.2) is 15.0 Å². The Balaban J connectivity index is 1.68. The van der Waals surface area contributed by atoms with E-state index in [2.05, 4.69) is 42.0 Å². The number of hydrogen-bond acceptors (Lipinski definition) is 10. The number of aromatic nitrogens is 6. The molecule has 0 saturated carbocycles. The first kappa shape index (κ1) is 12.1. The van der Waals surface area contributed by atoms with Crippen LogP contribution in [0.3, 0.4) is 0 Å². The molecular weight excluding hydrogens is 332 g/mol. The first-order chi connectivity index (χ1) is 9.90. The fourth-order valence-electron chi connectivity index (χ4n) is 1.41. The summed E-state index contributed by atoms with van der Waals surface area (Å²) < 4.78 is 3.84. The first-order valence-corrected chi connectivity index (χ1v) is 8.50. The summed E-state index contributed by atoms with van der Waals surface area (Å²) in [6.45, 7) is 0. The molecule has 0 aliphatic carbocycles. The van der Waals surface area contributed by atoms with Crippen molar-refractivity contribution in [1.29, 1.82) is 0 Å². The molecule has 96 valence electrons. The summed E-state index contributed by atoms with van der Waals surface area (Å²) in [7, 11) is 0. The number of rotatable bonds is 3. The van der Waals surface area contributed by atoms with Crippen LogP contribution in [-0.4, -0.2) is 29.5 Å². The molecule has 0 atom stereocenters. The smallest absolute Gasteiger partial charge is 0.212 e. The highest BCUT2D eigenvalue weighted by atomic mass is 32.1. The normalized spacial score (nSPS) is 11.0. The fraction of sp³-hybridized carbons (Fsp3) is 0. The van der Waals surface area contributed by atoms with Gasteiger partial charge in [-0.1, -0.05) is 11.3 Å². The number of nitrogens with zero attached hydrogens (tertiary/aromatic N) is 6. The molecule has 0 aliphatic heterocycles. The summed E-state index contributed by atoms with van der Waals surface area (Å²) in [5, 5.41) is 14.1. The molecule has 4 rings (SSSR count). The van der Waals surface area contributed by atoms with Gasteiger partial charge < -0.3 is 0 Å². The zero-order valence-corrected chi connectivity index (χ0v) is 12.7. The quantitative estimate of drug-likeness (QED) is 0.573. The largest absolute Gasteiger partial charge is 0.241 e. The Bertz CT molecular complexity index is 745. The van der Waals surface area contributed by atoms with Crippen LogP contribution in [0.2, 0.25) is 0 Å². The zero-order chi connectivity index (χ0) is 13.4. The Hall–Kier alpha value is -1.62. The topological polar surface area (TPSA) is 77.3 Å². The van der Waals surface area contributed by atoms with Crippen LogP contribution >= 0.6 is 45.5 Å². The second-order valence-electron chi connectivity index (χ2n) is 3.42. The van der Waals surface area contributed by atoms with Crippen molar-refractivity contribution in [3.8, 4) is 29.9 Å². The van der Waals surface area contributed by atoms with E-state index in [4.69, 9.17) is 0 Å². The Labute approximate surface area is 129 Å². The lowest BCUT2D eigenvalue weighted by Crippen LogP contribution is -1.74. The van der Waals surface area contributed by atoms with Gasteiger partial charge in [0.25, 0.3) is 0 Å². The highest BCUT2D eigenvalue weighted by Gasteiger charge is 2.15. The third-order valence-electron chi connectivity index (χ3n) is 2.22. The standard InChI is InChI=1S/C10H2N6S4/c1-2-17-6(11-1)5-3-12-7(18-5)9-15-16-10(19-9)8-13-4-14-20-8/h2-3H. The molecule has 4 aromatic rings. The molecule has 0 unspecified atom stereocenters. The van der Waals surface area contributed by atoms with Gasteiger partial charge in [-0.2, -0.15) is 4.37 Å². The summed E-state index contributed by atoms with van der Waals surface area (Å²) in [6, 6.07) is 0. The molecule has 6 nitrogen and oxygen atoms in total. The van der Waals surface area contributed by atoms with E-state index < -0.39 is 0 Å². The summed E-state index contributed by atoms with van der Waals surface area (Å²) >= 11 is 5.77. The van der Waals surface area contributed by atoms with Crippen LogP contribution in [0.1, 0.15) is 0 Å². The van der Waals surface area contributed by atoms with Gasteiger partial charge in [-0.15, -0.1) is 32.9 Å². The summed E-state index contributed by atoms with van der Waals surface area (Å²) in [5.74, 6) is 0. The maximum atomic E-state index is 4.38. The van der Waals surface area contributed by atoms with Gasteiger partial charge in [-0.05, 0) is 11.5 Å². The van der Waals surface area contributed by atoms with Crippen molar-refractivity contribution >= 4 is 45.5 Å². The summed E-state index contributed by atoms with van der Waals surface area (Å²) in [6.07, 6.45) is 7.14. The molecule has 0 aliphatic rings. The molecule has 0 spiro atoms. The van der Waals surface area contributed by atoms with E-state index in [0.717, 1.165) is 29.9 Å². The van der Waals surface area contributed by atoms with Crippen LogP contribution in [0.4, 0.5) is 0 Å². The lowest BCUT2D eigenvalue weighted by atomic mass is 10.6. The van der Waals surface area contributed by atoms with Crippen molar-refractivity contribution in [3.05, 3.63) is 24.1 Å². The third-order valence-corrected chi connectivity index (χ3v) is 5.94. The zero-order valence-electron chi connectivity index (χ0n) is 9.47. The molecule has 0 N–H and O–H groups in total. The van der Waals surface area contributed by atoms with Gasteiger partial charge in [0.05, 0.1) is 4.88 Å². The molecule has 0 aromatic carbocycles. The third kappa shape index (κ3) is 2.16. The molecular formula is C10H2N6S4. The van der Waals surface area contributed by atoms with E-state index in [1.807, 2.05) is 5.38 Å². The Kier molecular flexibility index (Phi) is 3.07. The molecule has 0 bridgehead atoms. The van der Waals surface area contributed by atoms with Gasteiger partial charge in [0.1, 0.15) is 11.2 Å². The van der Waals surface area contributed by atoms with Gasteiger partial charge in [0, 0.05) is 11.6 Å². The lowest BCUT2D eigenvalue weighted by Gasteiger charge is -1.85. The summed E-state index contributed by atoms with van der Waals surface area (Å²) in [4.78, 5) is 13.5. The minimum Gasteiger partial charge on any atom is -0.241 e. The molecule has 4 aromatic heterocycles. The van der Waals surface area contributed by atoms with Crippen LogP contribution in [0.15, 0.2) is 11.6 Å². The summed E-state index contributed by atoms with van der Waals surface area (Å²) in [5.41, 5.74) is 0. The van der Waals surface area contributed by atoms with Gasteiger partial charge in [0.2, 0.25) is 6.33 Å². The van der Waals surface area contributed by atoms with E-state index in [9.17, 15) is 0 Å². The van der Waals surface area contributed by atoms with Crippen molar-refractivity contribution < 1.29 is 0 Å². The predicted molar refractivity (Wildman–Crippen MR) is 78.7 cm³/mol. The molecule has 2 radical (unpaired) electrons. The molecule has 0 amide bonds. The monoisotopic (exact) mass is 334 g/mol. The molecule has 10 heteroatoms. The van der Waals surface area contributed by atoms with Crippen LogP contribution in [-0.2, 0) is 0 Å². The van der Waals surface area contributed by atoms with Gasteiger partial charge in [0.15, 0.2) is 20.0 Å². The Morgan fingerprint density at radius 2 is 1.80 bits per heavy atom. The number of hydrogen-bond donors (Lipinski definition) is 0. The number of thiazole rings is 2. The van der Waals surface area contributed by atoms with Crippen LogP contribution < -0.4 is 0 Å². The van der Waals surface area contributed by atoms with E-state index in [1.165, 1.54) is 45.5 Å². The lowest BCUT2D eigenvalue weighted by molar-refractivity contribution is 1.09. The van der Waals surface area contributed by atoms with Crippen molar-refractivity contribution in [1.82, 2.24) is 29.5 Å². The van der Waals surface area contributed by atoms with Crippen LogP contribution in [0.25, 0.3) is 29.9 Å². The van der Waals surface area contributed by atoms with Gasteiger partial charge in [-0.3, -0.25) is 0 Å². The average molecular weight is 334 g/mol. The minimum atomic E-state index is 0.722. The second-order valence-corrected chi connectivity index (χ2v) is 7.04. The van der Waals surface area contributed by atoms with Crippen molar-refractivity contribution in [2.75, 3.05) is 0 Å². The highest BCUT2D eigenvalue weighted by Crippen LogP contribution is 2.36. The predicted octanol–water partition coefficient (Wildman–Crippen LogP) is 2.90. The SMILES string of the molecule is [c]1csc(-c2cnc(-c3nnc(-c4n[c]ns4)s3)s2)n1. The fourth-order valence-corrected chi connectivity index (χ4v) is 4.33. The minimum absolute atomic E-state index is 0.722. The molecule has 0 saturated heterocycles. The van der Waals surface area contributed by atoms with Crippen molar-refractivity contribution in [2.24, 2.45) is 0 Å². The van der Waals surface area contributed by atoms with E-state index >= 15 is 0 Å². The molecule has 20 heavy (non-hydrogen) atoms. The Morgan fingerprint density at radius 3 is 2.55 bits per heavy atom. The average Bonchev–Trinajstić information content (AvgIpc) is 3.22. The van der Waals surface area contributed by atoms with E-state index in [0.29, 0.717) is 0 Å².